The van der Waals surface area contributed by atoms with Gasteiger partial charge in [0.25, 0.3) is 0 Å². The lowest BCUT2D eigenvalue weighted by Gasteiger charge is -2.32. The molecule has 1 saturated heterocycles. The van der Waals surface area contributed by atoms with Crippen LogP contribution in [-0.4, -0.2) is 69.0 Å². The summed E-state index contributed by atoms with van der Waals surface area (Å²) in [4.78, 5) is 7.06. The average molecular weight is 492 g/mol. The van der Waals surface area contributed by atoms with Gasteiger partial charge in [0.2, 0.25) is 0 Å². The Labute approximate surface area is 179 Å². The Morgan fingerprint density at radius 2 is 2.04 bits per heavy atom. The van der Waals surface area contributed by atoms with E-state index < -0.39 is 0 Å². The molecule has 0 saturated carbocycles. The van der Waals surface area contributed by atoms with Crippen LogP contribution in [0.1, 0.15) is 25.3 Å². The molecule has 1 aromatic rings. The molecule has 0 atom stereocenters. The van der Waals surface area contributed by atoms with E-state index in [1.54, 1.807) is 26.4 Å². The summed E-state index contributed by atoms with van der Waals surface area (Å²) in [5, 5.41) is 16.8. The smallest absolute Gasteiger partial charge is 0.191 e. The number of aromatic hydroxyl groups is 1. The maximum absolute atomic E-state index is 10.0. The van der Waals surface area contributed by atoms with Crippen molar-refractivity contribution in [3.05, 3.63) is 23.8 Å². The normalized spacial score (nSPS) is 15.9. The van der Waals surface area contributed by atoms with Crippen LogP contribution in [0.3, 0.4) is 0 Å². The monoisotopic (exact) mass is 492 g/mol. The number of nitrogens with zero attached hydrogens (tertiary/aromatic N) is 2. The van der Waals surface area contributed by atoms with E-state index in [1.165, 1.54) is 0 Å². The molecule has 0 radical (unpaired) electrons. The largest absolute Gasteiger partial charge is 0.508 e. The summed E-state index contributed by atoms with van der Waals surface area (Å²) in [5.74, 6) is 1.73. The molecule has 2 rings (SSSR count). The van der Waals surface area contributed by atoms with Crippen molar-refractivity contribution in [1.29, 1.82) is 0 Å². The minimum Gasteiger partial charge on any atom is -0.508 e. The molecule has 0 aromatic heterocycles. The zero-order valence-corrected chi connectivity index (χ0v) is 18.9. The lowest BCUT2D eigenvalue weighted by atomic mass is 10.1. The second-order valence-corrected chi connectivity index (χ2v) is 6.44. The second-order valence-electron chi connectivity index (χ2n) is 6.44. The number of ether oxygens (including phenoxy) is 2. The first kappa shape index (κ1) is 23.8. The van der Waals surface area contributed by atoms with Gasteiger partial charge in [0.05, 0.1) is 20.3 Å². The molecule has 1 aliphatic heterocycles. The zero-order valence-electron chi connectivity index (χ0n) is 16.5. The molecular formula is C19H33IN4O3. The number of aliphatic imine (C=N–C) groups is 1. The van der Waals surface area contributed by atoms with Crippen molar-refractivity contribution in [2.45, 2.75) is 32.4 Å². The minimum atomic E-state index is 0. The van der Waals surface area contributed by atoms with E-state index >= 15 is 0 Å². The zero-order chi connectivity index (χ0) is 18.8. The first-order valence-corrected chi connectivity index (χ1v) is 9.28. The third kappa shape index (κ3) is 8.10. The first-order chi connectivity index (χ1) is 12.7. The first-order valence-electron chi connectivity index (χ1n) is 9.28. The second kappa shape index (κ2) is 13.0. The van der Waals surface area contributed by atoms with Gasteiger partial charge in [0, 0.05) is 44.9 Å². The maximum Gasteiger partial charge on any atom is 0.191 e. The molecule has 0 spiro atoms. The highest BCUT2D eigenvalue weighted by atomic mass is 127. The molecule has 0 unspecified atom stereocenters. The van der Waals surface area contributed by atoms with Crippen molar-refractivity contribution in [3.63, 3.8) is 0 Å². The van der Waals surface area contributed by atoms with Crippen LogP contribution >= 0.6 is 24.0 Å². The van der Waals surface area contributed by atoms with Gasteiger partial charge in [-0.25, -0.2) is 4.99 Å². The van der Waals surface area contributed by atoms with E-state index in [2.05, 4.69) is 20.5 Å². The molecule has 27 heavy (non-hydrogen) atoms. The van der Waals surface area contributed by atoms with E-state index in [1.807, 2.05) is 13.0 Å². The van der Waals surface area contributed by atoms with Gasteiger partial charge >= 0.3 is 0 Å². The number of guanidine groups is 1. The molecule has 7 nitrogen and oxygen atoms in total. The van der Waals surface area contributed by atoms with Crippen molar-refractivity contribution >= 4 is 29.9 Å². The summed E-state index contributed by atoms with van der Waals surface area (Å²) in [7, 11) is 3.36. The third-order valence-electron chi connectivity index (χ3n) is 4.58. The number of halogens is 1. The van der Waals surface area contributed by atoms with Gasteiger partial charge in [-0.1, -0.05) is 0 Å². The molecule has 1 aliphatic rings. The van der Waals surface area contributed by atoms with E-state index in [9.17, 15) is 5.11 Å². The van der Waals surface area contributed by atoms with Crippen LogP contribution in [0.25, 0.3) is 0 Å². The van der Waals surface area contributed by atoms with Crippen LogP contribution < -0.4 is 15.4 Å². The highest BCUT2D eigenvalue weighted by molar-refractivity contribution is 14.0. The molecule has 0 aliphatic carbocycles. The quantitative estimate of drug-likeness (QED) is 0.294. The Hall–Kier alpha value is -1.26. The number of hydrogen-bond acceptors (Lipinski definition) is 5. The van der Waals surface area contributed by atoms with Crippen LogP contribution in [0.2, 0.25) is 0 Å². The number of phenols is 1. The Balaban J connectivity index is 0.00000364. The molecule has 8 heteroatoms. The van der Waals surface area contributed by atoms with Crippen LogP contribution in [-0.2, 0) is 11.3 Å². The van der Waals surface area contributed by atoms with Gasteiger partial charge in [0.15, 0.2) is 5.96 Å². The SMILES string of the molecule is CCNC(=NCc1cc(OC)ccc1O)NC1CCN(CCOC)CC1.I. The fraction of sp³-hybridized carbons (Fsp3) is 0.632. The van der Waals surface area contributed by atoms with Gasteiger partial charge < -0.3 is 30.1 Å². The van der Waals surface area contributed by atoms with Gasteiger partial charge in [-0.05, 0) is 38.0 Å². The average Bonchev–Trinajstić information content (AvgIpc) is 2.66. The molecule has 3 N–H and O–H groups in total. The van der Waals surface area contributed by atoms with Crippen LogP contribution in [0.5, 0.6) is 11.5 Å². The summed E-state index contributed by atoms with van der Waals surface area (Å²) in [6.07, 6.45) is 2.16. The number of hydrogen-bond donors (Lipinski definition) is 3. The summed E-state index contributed by atoms with van der Waals surface area (Å²) in [5.41, 5.74) is 0.746. The van der Waals surface area contributed by atoms with Crippen molar-refractivity contribution < 1.29 is 14.6 Å². The molecule has 1 heterocycles. The number of phenolic OH excluding ortho intramolecular Hbond substituents is 1. The molecular weight excluding hydrogens is 459 g/mol. The van der Waals surface area contributed by atoms with Crippen LogP contribution in [0.4, 0.5) is 0 Å². The van der Waals surface area contributed by atoms with Gasteiger partial charge in [0.1, 0.15) is 11.5 Å². The topological polar surface area (TPSA) is 78.4 Å². The van der Waals surface area contributed by atoms with Crippen LogP contribution in [0.15, 0.2) is 23.2 Å². The highest BCUT2D eigenvalue weighted by Gasteiger charge is 2.19. The third-order valence-corrected chi connectivity index (χ3v) is 4.58. The molecule has 1 fully saturated rings. The lowest BCUT2D eigenvalue weighted by molar-refractivity contribution is 0.128. The molecule has 1 aromatic carbocycles. The lowest BCUT2D eigenvalue weighted by Crippen LogP contribution is -2.49. The van der Waals surface area contributed by atoms with E-state index in [0.29, 0.717) is 12.6 Å². The predicted octanol–water partition coefficient (Wildman–Crippen LogP) is 2.18. The molecule has 0 amide bonds. The Kier molecular flexibility index (Phi) is 11.5. The number of methoxy groups -OCH3 is 2. The van der Waals surface area contributed by atoms with Gasteiger partial charge in [-0.2, -0.15) is 0 Å². The summed E-state index contributed by atoms with van der Waals surface area (Å²) >= 11 is 0. The number of likely N-dealkylation sites (tertiary alicyclic amines) is 1. The number of piperidine rings is 1. The number of rotatable bonds is 8. The van der Waals surface area contributed by atoms with E-state index in [0.717, 1.165) is 62.9 Å². The number of nitrogens with one attached hydrogen (secondary N) is 2. The fourth-order valence-corrected chi connectivity index (χ4v) is 3.01. The van der Waals surface area contributed by atoms with Crippen molar-refractivity contribution in [1.82, 2.24) is 15.5 Å². The summed E-state index contributed by atoms with van der Waals surface area (Å²) < 4.78 is 10.4. The fourth-order valence-electron chi connectivity index (χ4n) is 3.01. The summed E-state index contributed by atoms with van der Waals surface area (Å²) in [6.45, 7) is 7.15. The van der Waals surface area contributed by atoms with E-state index in [4.69, 9.17) is 9.47 Å². The molecule has 0 bridgehead atoms. The maximum atomic E-state index is 10.0. The summed E-state index contributed by atoms with van der Waals surface area (Å²) in [6, 6.07) is 5.60. The standard InChI is InChI=1S/C19H32N4O3.HI/c1-4-20-19(21-14-15-13-17(26-3)5-6-18(15)24)22-16-7-9-23(10-8-16)11-12-25-2;/h5-6,13,16,24H,4,7-12,14H2,1-3H3,(H2,20,21,22);1H. The van der Waals surface area contributed by atoms with Crippen molar-refractivity contribution in [2.24, 2.45) is 4.99 Å². The van der Waals surface area contributed by atoms with Crippen molar-refractivity contribution in [2.75, 3.05) is 47.0 Å². The highest BCUT2D eigenvalue weighted by Crippen LogP contribution is 2.23. The minimum absolute atomic E-state index is 0. The Morgan fingerprint density at radius 1 is 1.30 bits per heavy atom. The van der Waals surface area contributed by atoms with Crippen molar-refractivity contribution in [3.8, 4) is 11.5 Å². The number of benzene rings is 1. The van der Waals surface area contributed by atoms with E-state index in [-0.39, 0.29) is 29.7 Å². The Bertz CT molecular complexity index is 578. The Morgan fingerprint density at radius 3 is 2.67 bits per heavy atom. The predicted molar refractivity (Wildman–Crippen MR) is 119 cm³/mol. The van der Waals surface area contributed by atoms with Gasteiger partial charge in [-0.3, -0.25) is 0 Å². The molecule has 154 valence electrons. The van der Waals surface area contributed by atoms with Crippen LogP contribution in [0, 0.1) is 0 Å². The van der Waals surface area contributed by atoms with Gasteiger partial charge in [-0.15, -0.1) is 24.0 Å².